The van der Waals surface area contributed by atoms with Gasteiger partial charge < -0.3 is 20.9 Å². The van der Waals surface area contributed by atoms with Crippen LogP contribution in [0.1, 0.15) is 30.9 Å². The van der Waals surface area contributed by atoms with Gasteiger partial charge in [-0.15, -0.1) is 0 Å². The number of nitrogen functional groups attached to an aromatic ring is 1. The van der Waals surface area contributed by atoms with Gasteiger partial charge in [0, 0.05) is 24.5 Å². The molecule has 0 aliphatic heterocycles. The van der Waals surface area contributed by atoms with Gasteiger partial charge in [-0.1, -0.05) is 37.6 Å². The van der Waals surface area contributed by atoms with Crippen molar-refractivity contribution in [2.75, 3.05) is 30.8 Å². The molecule has 0 radical (unpaired) electrons. The molecule has 2 aromatic rings. The average Bonchev–Trinajstić information content (AvgIpc) is 2.60. The van der Waals surface area contributed by atoms with Crippen molar-refractivity contribution >= 4 is 11.4 Å². The number of aliphatic hydroxyl groups is 1. The van der Waals surface area contributed by atoms with Crippen molar-refractivity contribution in [2.24, 2.45) is 0 Å². The second-order valence-electron chi connectivity index (χ2n) is 6.08. The quantitative estimate of drug-likeness (QED) is 0.461. The highest BCUT2D eigenvalue weighted by molar-refractivity contribution is 5.46. The number of rotatable bonds is 10. The highest BCUT2D eigenvalue weighted by Gasteiger charge is 2.04. The summed E-state index contributed by atoms with van der Waals surface area (Å²) in [6.45, 7) is 3.71. The Kier molecular flexibility index (Phi) is 7.59. The molecule has 1 unspecified atom stereocenters. The average molecular weight is 328 g/mol. The molecular weight excluding hydrogens is 300 g/mol. The first-order chi connectivity index (χ1) is 11.7. The third-order valence-electron chi connectivity index (χ3n) is 3.84. The van der Waals surface area contributed by atoms with E-state index in [4.69, 9.17) is 10.5 Å². The zero-order valence-corrected chi connectivity index (χ0v) is 14.4. The van der Waals surface area contributed by atoms with E-state index in [1.807, 2.05) is 24.3 Å². The number of benzene rings is 2. The molecule has 2 aromatic carbocycles. The molecular formula is C20H28N2O2. The Hall–Kier alpha value is -2.04. The summed E-state index contributed by atoms with van der Waals surface area (Å²) in [6.07, 6.45) is 2.54. The van der Waals surface area contributed by atoms with Crippen molar-refractivity contribution in [1.82, 2.24) is 0 Å². The van der Waals surface area contributed by atoms with Crippen molar-refractivity contribution in [2.45, 2.75) is 32.3 Å². The van der Waals surface area contributed by atoms with Crippen LogP contribution in [-0.4, -0.2) is 31.0 Å². The van der Waals surface area contributed by atoms with Gasteiger partial charge in [0.05, 0.1) is 12.7 Å². The first-order valence-corrected chi connectivity index (χ1v) is 8.60. The van der Waals surface area contributed by atoms with Gasteiger partial charge in [0.25, 0.3) is 0 Å². The van der Waals surface area contributed by atoms with E-state index in [1.165, 1.54) is 11.1 Å². The Balaban J connectivity index is 1.74. The van der Waals surface area contributed by atoms with E-state index in [0.29, 0.717) is 19.8 Å². The number of ether oxygens (including phenoxy) is 1. The van der Waals surface area contributed by atoms with Gasteiger partial charge in [-0.25, -0.2) is 0 Å². The summed E-state index contributed by atoms with van der Waals surface area (Å²) in [4.78, 5) is 0. The fraction of sp³-hybridized carbons (Fsp3) is 0.400. The second-order valence-corrected chi connectivity index (χ2v) is 6.08. The fourth-order valence-corrected chi connectivity index (χ4v) is 2.37. The Labute approximate surface area is 144 Å². The van der Waals surface area contributed by atoms with E-state index in [0.717, 1.165) is 30.6 Å². The topological polar surface area (TPSA) is 67.5 Å². The number of hydrogen-bond donors (Lipinski definition) is 3. The lowest BCUT2D eigenvalue weighted by Gasteiger charge is -2.13. The SMILES string of the molecule is CCCCOCC(O)CNc1ccc(Cc2ccc(N)cc2)cc1. The molecule has 0 spiro atoms. The predicted molar refractivity (Wildman–Crippen MR) is 100 cm³/mol. The molecule has 4 heteroatoms. The van der Waals surface area contributed by atoms with Crippen LogP contribution in [0.25, 0.3) is 0 Å². The molecule has 2 rings (SSSR count). The smallest absolute Gasteiger partial charge is 0.0945 e. The number of nitrogens with two attached hydrogens (primary N) is 1. The monoisotopic (exact) mass is 328 g/mol. The Morgan fingerprint density at radius 1 is 1.04 bits per heavy atom. The zero-order valence-electron chi connectivity index (χ0n) is 14.4. The maximum Gasteiger partial charge on any atom is 0.0945 e. The van der Waals surface area contributed by atoms with Gasteiger partial charge >= 0.3 is 0 Å². The van der Waals surface area contributed by atoms with Crippen LogP contribution >= 0.6 is 0 Å². The van der Waals surface area contributed by atoms with Crippen LogP contribution in [0.15, 0.2) is 48.5 Å². The summed E-state index contributed by atoms with van der Waals surface area (Å²) in [5.41, 5.74) is 9.98. The molecule has 1 atom stereocenters. The minimum atomic E-state index is -0.490. The molecule has 0 heterocycles. The predicted octanol–water partition coefficient (Wildman–Crippen LogP) is 3.45. The van der Waals surface area contributed by atoms with Crippen LogP contribution in [-0.2, 0) is 11.2 Å². The van der Waals surface area contributed by atoms with E-state index in [2.05, 4.69) is 36.5 Å². The Morgan fingerprint density at radius 2 is 1.67 bits per heavy atom. The van der Waals surface area contributed by atoms with Crippen LogP contribution in [0.5, 0.6) is 0 Å². The van der Waals surface area contributed by atoms with Crippen molar-refractivity contribution in [3.8, 4) is 0 Å². The molecule has 0 fully saturated rings. The summed E-state index contributed by atoms with van der Waals surface area (Å²) in [6, 6.07) is 16.2. The van der Waals surface area contributed by atoms with Crippen molar-refractivity contribution in [3.05, 3.63) is 59.7 Å². The van der Waals surface area contributed by atoms with Crippen LogP contribution < -0.4 is 11.1 Å². The lowest BCUT2D eigenvalue weighted by Crippen LogP contribution is -2.25. The third kappa shape index (κ3) is 6.60. The Bertz CT molecular complexity index is 582. The molecule has 24 heavy (non-hydrogen) atoms. The van der Waals surface area contributed by atoms with Gasteiger partial charge in [0.2, 0.25) is 0 Å². The number of unbranched alkanes of at least 4 members (excludes halogenated alkanes) is 1. The standard InChI is InChI=1S/C20H28N2O2/c1-2-3-12-24-15-20(23)14-22-19-10-6-17(7-11-19)13-16-4-8-18(21)9-5-16/h4-11,20,22-23H,2-3,12-15,21H2,1H3. The van der Waals surface area contributed by atoms with Crippen LogP contribution in [0, 0.1) is 0 Å². The van der Waals surface area contributed by atoms with Gasteiger partial charge in [-0.05, 0) is 48.2 Å². The summed E-state index contributed by atoms with van der Waals surface area (Å²) in [5, 5.41) is 13.1. The van der Waals surface area contributed by atoms with Crippen LogP contribution in [0.4, 0.5) is 11.4 Å². The molecule has 0 aliphatic carbocycles. The third-order valence-corrected chi connectivity index (χ3v) is 3.84. The van der Waals surface area contributed by atoms with Crippen molar-refractivity contribution < 1.29 is 9.84 Å². The lowest BCUT2D eigenvalue weighted by molar-refractivity contribution is 0.0422. The van der Waals surface area contributed by atoms with Crippen molar-refractivity contribution in [3.63, 3.8) is 0 Å². The molecule has 0 amide bonds. The summed E-state index contributed by atoms with van der Waals surface area (Å²) in [5.74, 6) is 0. The molecule has 4 nitrogen and oxygen atoms in total. The van der Waals surface area contributed by atoms with E-state index in [9.17, 15) is 5.11 Å². The maximum atomic E-state index is 9.88. The zero-order chi connectivity index (χ0) is 17.2. The van der Waals surface area contributed by atoms with E-state index in [1.54, 1.807) is 0 Å². The molecule has 4 N–H and O–H groups in total. The summed E-state index contributed by atoms with van der Waals surface area (Å²) >= 11 is 0. The summed E-state index contributed by atoms with van der Waals surface area (Å²) < 4.78 is 5.42. The number of nitrogens with one attached hydrogen (secondary N) is 1. The minimum absolute atomic E-state index is 0.377. The molecule has 0 saturated heterocycles. The first kappa shape index (κ1) is 18.3. The highest BCUT2D eigenvalue weighted by Crippen LogP contribution is 2.15. The van der Waals surface area contributed by atoms with Gasteiger partial charge in [-0.2, -0.15) is 0 Å². The molecule has 130 valence electrons. The van der Waals surface area contributed by atoms with E-state index >= 15 is 0 Å². The molecule has 0 aromatic heterocycles. The van der Waals surface area contributed by atoms with Crippen molar-refractivity contribution in [1.29, 1.82) is 0 Å². The number of anilines is 2. The molecule has 0 saturated carbocycles. The van der Waals surface area contributed by atoms with Crippen LogP contribution in [0.3, 0.4) is 0 Å². The fourth-order valence-electron chi connectivity index (χ4n) is 2.37. The minimum Gasteiger partial charge on any atom is -0.399 e. The van der Waals surface area contributed by atoms with Gasteiger partial charge in [0.1, 0.15) is 0 Å². The van der Waals surface area contributed by atoms with Gasteiger partial charge in [0.15, 0.2) is 0 Å². The van der Waals surface area contributed by atoms with Gasteiger partial charge in [-0.3, -0.25) is 0 Å². The summed E-state index contributed by atoms with van der Waals surface area (Å²) in [7, 11) is 0. The van der Waals surface area contributed by atoms with Crippen LogP contribution in [0.2, 0.25) is 0 Å². The normalized spacial score (nSPS) is 12.1. The largest absolute Gasteiger partial charge is 0.399 e. The number of aliphatic hydroxyl groups excluding tert-OH is 1. The lowest BCUT2D eigenvalue weighted by atomic mass is 10.0. The number of hydrogen-bond acceptors (Lipinski definition) is 4. The van der Waals surface area contributed by atoms with E-state index in [-0.39, 0.29) is 0 Å². The molecule has 0 aliphatic rings. The Morgan fingerprint density at radius 3 is 2.29 bits per heavy atom. The second kappa shape index (κ2) is 9.96. The molecule has 0 bridgehead atoms. The highest BCUT2D eigenvalue weighted by atomic mass is 16.5. The maximum absolute atomic E-state index is 9.88. The first-order valence-electron chi connectivity index (χ1n) is 8.60. The van der Waals surface area contributed by atoms with E-state index < -0.39 is 6.10 Å².